The minimum Gasteiger partial charge on any atom is -0.242 e. The minimum absolute atomic E-state index is 0.0235. The molecule has 0 spiro atoms. The SMILES string of the molecule is Cc1nc2ccc(S(=O)(=O)NC3CC(c4ccc(Cl)cc4)C3)cc2s1. The van der Waals surface area contributed by atoms with Crippen molar-refractivity contribution in [1.29, 1.82) is 0 Å². The molecule has 0 atom stereocenters. The van der Waals surface area contributed by atoms with Gasteiger partial charge < -0.3 is 0 Å². The number of thiazole rings is 1. The van der Waals surface area contributed by atoms with Gasteiger partial charge in [0.05, 0.1) is 20.1 Å². The first-order chi connectivity index (χ1) is 11.9. The molecular weight excluding hydrogens is 376 g/mol. The van der Waals surface area contributed by atoms with Crippen LogP contribution in [-0.4, -0.2) is 19.4 Å². The van der Waals surface area contributed by atoms with Crippen molar-refractivity contribution in [3.05, 3.63) is 58.1 Å². The molecule has 7 heteroatoms. The summed E-state index contributed by atoms with van der Waals surface area (Å²) in [4.78, 5) is 4.67. The number of benzene rings is 2. The molecule has 4 rings (SSSR count). The molecule has 130 valence electrons. The fraction of sp³-hybridized carbons (Fsp3) is 0.278. The van der Waals surface area contributed by atoms with Crippen LogP contribution in [0.2, 0.25) is 5.02 Å². The standard InChI is InChI=1S/C18H17ClN2O2S2/c1-11-20-17-7-6-16(10-18(17)24-11)25(22,23)21-15-8-13(9-15)12-2-4-14(19)5-3-12/h2-7,10,13,15,21H,8-9H2,1H3. The molecule has 1 aliphatic carbocycles. The molecule has 0 bridgehead atoms. The highest BCUT2D eigenvalue weighted by molar-refractivity contribution is 7.89. The normalized spacial score (nSPS) is 20.6. The molecule has 0 radical (unpaired) electrons. The predicted octanol–water partition coefficient (Wildman–Crippen LogP) is 4.48. The Hall–Kier alpha value is -1.47. The number of hydrogen-bond acceptors (Lipinski definition) is 4. The van der Waals surface area contributed by atoms with E-state index in [-0.39, 0.29) is 6.04 Å². The molecule has 25 heavy (non-hydrogen) atoms. The molecule has 1 aromatic heterocycles. The zero-order valence-electron chi connectivity index (χ0n) is 13.6. The molecule has 1 N–H and O–H groups in total. The molecule has 0 aliphatic heterocycles. The number of fused-ring (bicyclic) bond motifs is 1. The van der Waals surface area contributed by atoms with Crippen molar-refractivity contribution >= 4 is 43.2 Å². The summed E-state index contributed by atoms with van der Waals surface area (Å²) in [5.74, 6) is 0.386. The Morgan fingerprint density at radius 1 is 1.16 bits per heavy atom. The summed E-state index contributed by atoms with van der Waals surface area (Å²) < 4.78 is 29.0. The number of nitrogens with zero attached hydrogens (tertiary/aromatic N) is 1. The summed E-state index contributed by atoms with van der Waals surface area (Å²) >= 11 is 7.41. The van der Waals surface area contributed by atoms with Gasteiger partial charge in [0.25, 0.3) is 0 Å². The van der Waals surface area contributed by atoms with Crippen LogP contribution in [0.25, 0.3) is 10.2 Å². The van der Waals surface area contributed by atoms with E-state index in [1.54, 1.807) is 18.2 Å². The average molecular weight is 393 g/mol. The van der Waals surface area contributed by atoms with E-state index in [0.29, 0.717) is 15.8 Å². The number of aryl methyl sites for hydroxylation is 1. The maximum absolute atomic E-state index is 12.6. The molecule has 1 heterocycles. The first-order valence-corrected chi connectivity index (χ1v) is 10.7. The fourth-order valence-corrected chi connectivity index (χ4v) is 5.55. The summed E-state index contributed by atoms with van der Waals surface area (Å²) in [6.45, 7) is 1.92. The second-order valence-corrected chi connectivity index (χ2v) is 9.79. The van der Waals surface area contributed by atoms with Crippen LogP contribution in [0, 0.1) is 6.92 Å². The molecule has 1 saturated carbocycles. The summed E-state index contributed by atoms with van der Waals surface area (Å²) in [7, 11) is -3.51. The largest absolute Gasteiger partial charge is 0.242 e. The second kappa shape index (κ2) is 6.36. The van der Waals surface area contributed by atoms with Crippen LogP contribution in [0.15, 0.2) is 47.4 Å². The molecule has 1 fully saturated rings. The van der Waals surface area contributed by atoms with Gasteiger partial charge in [-0.15, -0.1) is 11.3 Å². The van der Waals surface area contributed by atoms with Crippen molar-refractivity contribution < 1.29 is 8.42 Å². The van der Waals surface area contributed by atoms with E-state index in [1.807, 2.05) is 31.2 Å². The number of nitrogens with one attached hydrogen (secondary N) is 1. The van der Waals surface area contributed by atoms with Gasteiger partial charge in [0.15, 0.2) is 0 Å². The van der Waals surface area contributed by atoms with Crippen molar-refractivity contribution in [3.63, 3.8) is 0 Å². The van der Waals surface area contributed by atoms with Crippen LogP contribution in [0.5, 0.6) is 0 Å². The van der Waals surface area contributed by atoms with Crippen LogP contribution in [-0.2, 0) is 10.0 Å². The molecule has 0 unspecified atom stereocenters. The summed E-state index contributed by atoms with van der Waals surface area (Å²) in [6.07, 6.45) is 1.62. The maximum atomic E-state index is 12.6. The molecule has 0 saturated heterocycles. The van der Waals surface area contributed by atoms with E-state index in [0.717, 1.165) is 28.1 Å². The minimum atomic E-state index is -3.51. The van der Waals surface area contributed by atoms with Gasteiger partial charge in [-0.1, -0.05) is 23.7 Å². The predicted molar refractivity (Wildman–Crippen MR) is 102 cm³/mol. The van der Waals surface area contributed by atoms with Crippen molar-refractivity contribution in [2.24, 2.45) is 0 Å². The highest BCUT2D eigenvalue weighted by Crippen LogP contribution is 2.38. The lowest BCUT2D eigenvalue weighted by molar-refractivity contribution is 0.326. The van der Waals surface area contributed by atoms with Crippen LogP contribution >= 0.6 is 22.9 Å². The Balaban J connectivity index is 1.45. The van der Waals surface area contributed by atoms with Gasteiger partial charge in [-0.25, -0.2) is 18.1 Å². The van der Waals surface area contributed by atoms with E-state index in [4.69, 9.17) is 11.6 Å². The molecular formula is C18H17ClN2O2S2. The van der Waals surface area contributed by atoms with Crippen LogP contribution in [0.1, 0.15) is 29.3 Å². The highest BCUT2D eigenvalue weighted by Gasteiger charge is 2.33. The number of hydrogen-bond donors (Lipinski definition) is 1. The third-order valence-electron chi connectivity index (χ3n) is 4.58. The Bertz CT molecular complexity index is 1020. The van der Waals surface area contributed by atoms with Gasteiger partial charge in [0.2, 0.25) is 10.0 Å². The summed E-state index contributed by atoms with van der Waals surface area (Å²) in [5.41, 5.74) is 2.05. The zero-order valence-corrected chi connectivity index (χ0v) is 16.0. The monoisotopic (exact) mass is 392 g/mol. The Morgan fingerprint density at radius 2 is 1.88 bits per heavy atom. The number of aromatic nitrogens is 1. The maximum Gasteiger partial charge on any atom is 0.240 e. The highest BCUT2D eigenvalue weighted by atomic mass is 35.5. The van der Waals surface area contributed by atoms with Gasteiger partial charge >= 0.3 is 0 Å². The molecule has 0 amide bonds. The summed E-state index contributed by atoms with van der Waals surface area (Å²) in [6, 6.07) is 12.8. The Morgan fingerprint density at radius 3 is 2.60 bits per heavy atom. The van der Waals surface area contributed by atoms with Crippen LogP contribution in [0.3, 0.4) is 0 Å². The average Bonchev–Trinajstić information content (AvgIpc) is 2.91. The van der Waals surface area contributed by atoms with Crippen molar-refractivity contribution in [1.82, 2.24) is 9.71 Å². The van der Waals surface area contributed by atoms with Crippen LogP contribution in [0.4, 0.5) is 0 Å². The Labute approximate surface area is 155 Å². The fourth-order valence-electron chi connectivity index (χ4n) is 3.20. The lowest BCUT2D eigenvalue weighted by Gasteiger charge is -2.36. The number of sulfonamides is 1. The first kappa shape index (κ1) is 17.0. The topological polar surface area (TPSA) is 59.1 Å². The first-order valence-electron chi connectivity index (χ1n) is 8.06. The van der Waals surface area contributed by atoms with Crippen molar-refractivity contribution in [2.75, 3.05) is 0 Å². The molecule has 2 aromatic carbocycles. The molecule has 1 aliphatic rings. The van der Waals surface area contributed by atoms with E-state index in [1.165, 1.54) is 16.9 Å². The second-order valence-electron chi connectivity index (χ2n) is 6.40. The lowest BCUT2D eigenvalue weighted by atomic mass is 9.76. The quantitative estimate of drug-likeness (QED) is 0.711. The number of rotatable bonds is 4. The van der Waals surface area contributed by atoms with Gasteiger partial charge in [0, 0.05) is 11.1 Å². The third-order valence-corrected chi connectivity index (χ3v) is 7.28. The zero-order chi connectivity index (χ0) is 17.6. The van der Waals surface area contributed by atoms with E-state index in [9.17, 15) is 8.42 Å². The van der Waals surface area contributed by atoms with Gasteiger partial charge in [-0.2, -0.15) is 0 Å². The Kier molecular flexibility index (Phi) is 4.32. The van der Waals surface area contributed by atoms with E-state index in [2.05, 4.69) is 9.71 Å². The van der Waals surface area contributed by atoms with E-state index >= 15 is 0 Å². The van der Waals surface area contributed by atoms with Gasteiger partial charge in [-0.05, 0) is 61.6 Å². The smallest absolute Gasteiger partial charge is 0.240 e. The van der Waals surface area contributed by atoms with Gasteiger partial charge in [0.1, 0.15) is 0 Å². The van der Waals surface area contributed by atoms with Crippen LogP contribution < -0.4 is 4.72 Å². The molecule has 4 nitrogen and oxygen atoms in total. The lowest BCUT2D eigenvalue weighted by Crippen LogP contribution is -2.43. The van der Waals surface area contributed by atoms with Crippen molar-refractivity contribution in [2.45, 2.75) is 36.6 Å². The van der Waals surface area contributed by atoms with Crippen molar-refractivity contribution in [3.8, 4) is 0 Å². The van der Waals surface area contributed by atoms with Gasteiger partial charge in [-0.3, -0.25) is 0 Å². The van der Waals surface area contributed by atoms with E-state index < -0.39 is 10.0 Å². The molecule has 3 aromatic rings. The summed E-state index contributed by atoms with van der Waals surface area (Å²) in [5, 5.41) is 1.65. The number of halogens is 1. The third kappa shape index (κ3) is 3.44.